The average molecular weight is 599 g/mol. The number of rotatable bonds is 10. The van der Waals surface area contributed by atoms with Crippen LogP contribution in [0.4, 0.5) is 5.69 Å². The molecule has 3 aromatic rings. The number of amides is 1. The number of hydrogen-bond donors (Lipinski definition) is 1. The Morgan fingerprint density at radius 3 is 2.02 bits per heavy atom. The van der Waals surface area contributed by atoms with Crippen molar-refractivity contribution in [2.75, 3.05) is 51.6 Å². The number of anilines is 1. The fourth-order valence-corrected chi connectivity index (χ4v) is 8.36. The van der Waals surface area contributed by atoms with Crippen LogP contribution in [-0.4, -0.2) is 82.6 Å². The largest absolute Gasteiger partial charge is 0.325 e. The summed E-state index contributed by atoms with van der Waals surface area (Å²) in [5.74, 6) is -0.515. The maximum absolute atomic E-state index is 13.9. The molecule has 1 aliphatic heterocycles. The highest BCUT2D eigenvalue weighted by Gasteiger charge is 2.30. The Hall–Kier alpha value is -3.09. The van der Waals surface area contributed by atoms with Crippen molar-refractivity contribution in [3.8, 4) is 0 Å². The standard InChI is InChI=1S/C30H38N4O5S2/c1-23-20-24(2)30(25(3)21-23)41(38,39)34(15-14-26-8-6-5-7-9-26)22-29(35)31-27-10-12-28(13-11-27)40(36,37)33-18-16-32(4)17-19-33/h5-13,20-21H,14-19,22H2,1-4H3,(H,31,35). The van der Waals surface area contributed by atoms with E-state index in [9.17, 15) is 21.6 Å². The molecule has 0 unspecified atom stereocenters. The molecule has 9 nitrogen and oxygen atoms in total. The molecule has 1 fully saturated rings. The van der Waals surface area contributed by atoms with Crippen LogP contribution in [0.3, 0.4) is 0 Å². The fourth-order valence-electron chi connectivity index (χ4n) is 5.13. The summed E-state index contributed by atoms with van der Waals surface area (Å²) in [6.07, 6.45) is 0.441. The van der Waals surface area contributed by atoms with Crippen LogP contribution in [0, 0.1) is 20.8 Å². The summed E-state index contributed by atoms with van der Waals surface area (Å²) in [5, 5.41) is 2.74. The molecule has 0 spiro atoms. The van der Waals surface area contributed by atoms with Gasteiger partial charge in [-0.25, -0.2) is 16.8 Å². The first-order chi connectivity index (χ1) is 19.4. The summed E-state index contributed by atoms with van der Waals surface area (Å²) in [6, 6.07) is 19.2. The first-order valence-electron chi connectivity index (χ1n) is 13.6. The molecule has 1 heterocycles. The predicted octanol–water partition coefficient (Wildman–Crippen LogP) is 3.42. The Bertz CT molecular complexity index is 1560. The van der Waals surface area contributed by atoms with Gasteiger partial charge in [-0.15, -0.1) is 0 Å². The number of carbonyl (C=O) groups is 1. The molecule has 41 heavy (non-hydrogen) atoms. The van der Waals surface area contributed by atoms with Crippen LogP contribution in [0.5, 0.6) is 0 Å². The molecule has 0 aliphatic carbocycles. The van der Waals surface area contributed by atoms with Crippen molar-refractivity contribution < 1.29 is 21.6 Å². The molecule has 1 N–H and O–H groups in total. The van der Waals surface area contributed by atoms with Crippen LogP contribution in [0.1, 0.15) is 22.3 Å². The lowest BCUT2D eigenvalue weighted by molar-refractivity contribution is -0.116. The Labute approximate surface area is 243 Å². The van der Waals surface area contributed by atoms with E-state index >= 15 is 0 Å². The lowest BCUT2D eigenvalue weighted by Gasteiger charge is -2.31. The predicted molar refractivity (Wildman–Crippen MR) is 161 cm³/mol. The highest BCUT2D eigenvalue weighted by Crippen LogP contribution is 2.26. The number of carbonyl (C=O) groups excluding carboxylic acids is 1. The maximum atomic E-state index is 13.9. The summed E-state index contributed by atoms with van der Waals surface area (Å²) in [4.78, 5) is 15.6. The topological polar surface area (TPSA) is 107 Å². The average Bonchev–Trinajstić information content (AvgIpc) is 2.91. The third kappa shape index (κ3) is 7.41. The molecule has 4 rings (SSSR count). The second-order valence-corrected chi connectivity index (χ2v) is 14.4. The van der Waals surface area contributed by atoms with E-state index in [1.54, 1.807) is 13.8 Å². The normalized spacial score (nSPS) is 15.2. The van der Waals surface area contributed by atoms with E-state index in [1.807, 2.05) is 56.4 Å². The van der Waals surface area contributed by atoms with Gasteiger partial charge in [0.1, 0.15) is 0 Å². The molecule has 0 bridgehead atoms. The number of aryl methyl sites for hydroxylation is 3. The minimum absolute atomic E-state index is 0.120. The van der Waals surface area contributed by atoms with Crippen LogP contribution in [-0.2, 0) is 31.3 Å². The molecule has 0 radical (unpaired) electrons. The smallest absolute Gasteiger partial charge is 0.244 e. The van der Waals surface area contributed by atoms with Gasteiger partial charge in [-0.3, -0.25) is 4.79 Å². The number of benzene rings is 3. The highest BCUT2D eigenvalue weighted by atomic mass is 32.2. The summed E-state index contributed by atoms with van der Waals surface area (Å²) in [7, 11) is -5.68. The van der Waals surface area contributed by atoms with Crippen LogP contribution >= 0.6 is 0 Å². The number of likely N-dealkylation sites (N-methyl/N-ethyl adjacent to an activating group) is 1. The van der Waals surface area contributed by atoms with E-state index < -0.39 is 26.0 Å². The minimum atomic E-state index is -3.99. The lowest BCUT2D eigenvalue weighted by Crippen LogP contribution is -2.46. The molecular formula is C30H38N4O5S2. The van der Waals surface area contributed by atoms with E-state index in [1.165, 1.54) is 32.9 Å². The number of nitrogens with zero attached hydrogens (tertiary/aromatic N) is 3. The monoisotopic (exact) mass is 598 g/mol. The van der Waals surface area contributed by atoms with Gasteiger partial charge in [0.15, 0.2) is 0 Å². The van der Waals surface area contributed by atoms with Crippen molar-refractivity contribution in [3.63, 3.8) is 0 Å². The molecular weight excluding hydrogens is 560 g/mol. The van der Waals surface area contributed by atoms with E-state index in [4.69, 9.17) is 0 Å². The van der Waals surface area contributed by atoms with Gasteiger partial charge in [0.25, 0.3) is 0 Å². The SMILES string of the molecule is Cc1cc(C)c(S(=O)(=O)N(CCc2ccccc2)CC(=O)Nc2ccc(S(=O)(=O)N3CCN(C)CC3)cc2)c(C)c1. The minimum Gasteiger partial charge on any atom is -0.325 e. The van der Waals surface area contributed by atoms with Crippen molar-refractivity contribution in [1.82, 2.24) is 13.5 Å². The number of hydrogen-bond acceptors (Lipinski definition) is 6. The Balaban J connectivity index is 1.52. The molecule has 220 valence electrons. The van der Waals surface area contributed by atoms with Crippen molar-refractivity contribution in [1.29, 1.82) is 0 Å². The molecule has 3 aromatic carbocycles. The quantitative estimate of drug-likeness (QED) is 0.383. The van der Waals surface area contributed by atoms with Gasteiger partial charge in [-0.1, -0.05) is 48.0 Å². The van der Waals surface area contributed by atoms with Crippen molar-refractivity contribution in [2.24, 2.45) is 0 Å². The zero-order valence-electron chi connectivity index (χ0n) is 24.0. The lowest BCUT2D eigenvalue weighted by atomic mass is 10.1. The van der Waals surface area contributed by atoms with Gasteiger partial charge in [0, 0.05) is 38.4 Å². The number of nitrogens with one attached hydrogen (secondary N) is 1. The summed E-state index contributed by atoms with van der Waals surface area (Å²) >= 11 is 0. The van der Waals surface area contributed by atoms with Crippen LogP contribution < -0.4 is 5.32 Å². The van der Waals surface area contributed by atoms with Crippen molar-refractivity contribution in [2.45, 2.75) is 37.0 Å². The van der Waals surface area contributed by atoms with Crippen LogP contribution in [0.15, 0.2) is 76.5 Å². The molecule has 1 saturated heterocycles. The first kappa shape index (κ1) is 30.9. The molecule has 1 aliphatic rings. The van der Waals surface area contributed by atoms with Gasteiger partial charge in [0.2, 0.25) is 26.0 Å². The zero-order chi connectivity index (χ0) is 29.8. The molecule has 0 aromatic heterocycles. The zero-order valence-corrected chi connectivity index (χ0v) is 25.6. The number of piperazine rings is 1. The maximum Gasteiger partial charge on any atom is 0.244 e. The van der Waals surface area contributed by atoms with Crippen LogP contribution in [0.25, 0.3) is 0 Å². The third-order valence-corrected chi connectivity index (χ3v) is 11.3. The van der Waals surface area contributed by atoms with Gasteiger partial charge in [-0.05, 0) is 75.2 Å². The number of sulfonamides is 2. The van der Waals surface area contributed by atoms with E-state index in [2.05, 4.69) is 10.2 Å². The van der Waals surface area contributed by atoms with Gasteiger partial charge in [0.05, 0.1) is 16.3 Å². The van der Waals surface area contributed by atoms with Gasteiger partial charge in [-0.2, -0.15) is 8.61 Å². The summed E-state index contributed by atoms with van der Waals surface area (Å²) < 4.78 is 56.5. The molecule has 1 amide bonds. The molecule has 0 atom stereocenters. The Kier molecular flexibility index (Phi) is 9.66. The van der Waals surface area contributed by atoms with Crippen molar-refractivity contribution in [3.05, 3.63) is 89.0 Å². The Morgan fingerprint density at radius 2 is 1.44 bits per heavy atom. The Morgan fingerprint density at radius 1 is 0.854 bits per heavy atom. The first-order valence-corrected chi connectivity index (χ1v) is 16.5. The van der Waals surface area contributed by atoms with Crippen molar-refractivity contribution >= 4 is 31.6 Å². The van der Waals surface area contributed by atoms with E-state index in [0.717, 1.165) is 11.1 Å². The van der Waals surface area contributed by atoms with E-state index in [-0.39, 0.29) is 22.9 Å². The van der Waals surface area contributed by atoms with Crippen LogP contribution in [0.2, 0.25) is 0 Å². The van der Waals surface area contributed by atoms with Gasteiger partial charge >= 0.3 is 0 Å². The second-order valence-electron chi connectivity index (χ2n) is 10.6. The fraction of sp³-hybridized carbons (Fsp3) is 0.367. The molecule has 11 heteroatoms. The highest BCUT2D eigenvalue weighted by molar-refractivity contribution is 7.89. The van der Waals surface area contributed by atoms with Gasteiger partial charge < -0.3 is 10.2 Å². The van der Waals surface area contributed by atoms with E-state index in [0.29, 0.717) is 49.4 Å². The second kappa shape index (κ2) is 12.8. The third-order valence-electron chi connectivity index (χ3n) is 7.25. The summed E-state index contributed by atoms with van der Waals surface area (Å²) in [6.45, 7) is 7.35. The summed E-state index contributed by atoms with van der Waals surface area (Å²) in [5.41, 5.74) is 3.57. The molecule has 0 saturated carbocycles.